The quantitative estimate of drug-likeness (QED) is 0.526. The fourth-order valence-electron chi connectivity index (χ4n) is 2.81. The first-order valence-electron chi connectivity index (χ1n) is 9.64. The van der Waals surface area contributed by atoms with Crippen LogP contribution in [0.25, 0.3) is 10.2 Å². The first kappa shape index (κ1) is 22.0. The first-order valence-corrected chi connectivity index (χ1v) is 10.5. The van der Waals surface area contributed by atoms with E-state index in [4.69, 9.17) is 9.47 Å². The molecule has 1 unspecified atom stereocenters. The van der Waals surface area contributed by atoms with Gasteiger partial charge in [0.2, 0.25) is 0 Å². The summed E-state index contributed by atoms with van der Waals surface area (Å²) in [5.74, 6) is 0.636. The fourth-order valence-corrected chi connectivity index (χ4v) is 3.65. The molecule has 0 saturated heterocycles. The van der Waals surface area contributed by atoms with Gasteiger partial charge in [0.1, 0.15) is 11.4 Å². The first-order chi connectivity index (χ1) is 14.2. The lowest BCUT2D eigenvalue weighted by Gasteiger charge is -2.26. The minimum atomic E-state index is -1.11. The van der Waals surface area contributed by atoms with Crippen LogP contribution in [0.3, 0.4) is 0 Å². The third-order valence-corrected chi connectivity index (χ3v) is 5.13. The molecule has 8 heteroatoms. The van der Waals surface area contributed by atoms with E-state index in [2.05, 4.69) is 10.3 Å². The number of hydrogen-bond donors (Lipinski definition) is 3. The number of fused-ring (bicyclic) bond motifs is 1. The maximum Gasteiger partial charge on any atom is 0.407 e. The number of benzene rings is 2. The lowest BCUT2D eigenvalue weighted by atomic mass is 10.0. The molecule has 0 bridgehead atoms. The zero-order valence-electron chi connectivity index (χ0n) is 17.2. The van der Waals surface area contributed by atoms with Crippen LogP contribution in [0.1, 0.15) is 26.3 Å². The molecular formula is C22H26N2O5S. The van der Waals surface area contributed by atoms with Gasteiger partial charge in [-0.15, -0.1) is 0 Å². The minimum absolute atomic E-state index is 0.322. The molecule has 1 amide bonds. The van der Waals surface area contributed by atoms with Crippen LogP contribution in [0.4, 0.5) is 4.79 Å². The normalized spacial score (nSPS) is 13.6. The average molecular weight is 431 g/mol. The molecular weight excluding hydrogens is 404 g/mol. The second kappa shape index (κ2) is 9.42. The highest BCUT2D eigenvalue weighted by Gasteiger charge is 2.24. The molecule has 0 aliphatic rings. The summed E-state index contributed by atoms with van der Waals surface area (Å²) in [6.07, 6.45) is -1.44. The van der Waals surface area contributed by atoms with Gasteiger partial charge in [-0.05, 0) is 57.0 Å². The molecule has 2 atom stereocenters. The molecule has 0 radical (unpaired) electrons. The van der Waals surface area contributed by atoms with Crippen LogP contribution in [0.5, 0.6) is 10.9 Å². The Kier molecular flexibility index (Phi) is 6.91. The summed E-state index contributed by atoms with van der Waals surface area (Å²) >= 11 is 1.47. The summed E-state index contributed by atoms with van der Waals surface area (Å²) in [7, 11) is 0. The summed E-state index contributed by atoms with van der Waals surface area (Å²) in [6, 6.07) is 14.4. The predicted octanol–water partition coefficient (Wildman–Crippen LogP) is 3.88. The van der Waals surface area contributed by atoms with E-state index in [1.807, 2.05) is 36.4 Å². The zero-order chi connectivity index (χ0) is 21.7. The molecule has 30 heavy (non-hydrogen) atoms. The van der Waals surface area contributed by atoms with Gasteiger partial charge >= 0.3 is 6.09 Å². The Morgan fingerprint density at radius 2 is 1.87 bits per heavy atom. The number of nitrogens with zero attached hydrogens (tertiary/aromatic N) is 1. The summed E-state index contributed by atoms with van der Waals surface area (Å²) < 4.78 is 12.1. The number of rotatable bonds is 7. The largest absolute Gasteiger partial charge is 0.444 e. The van der Waals surface area contributed by atoms with E-state index < -0.39 is 30.4 Å². The van der Waals surface area contributed by atoms with Crippen molar-refractivity contribution in [3.63, 3.8) is 0 Å². The van der Waals surface area contributed by atoms with Crippen LogP contribution in [-0.4, -0.2) is 45.6 Å². The molecule has 0 spiro atoms. The van der Waals surface area contributed by atoms with Gasteiger partial charge in [0.15, 0.2) is 0 Å². The van der Waals surface area contributed by atoms with Crippen LogP contribution in [0.2, 0.25) is 0 Å². The molecule has 3 rings (SSSR count). The number of nitrogens with one attached hydrogen (secondary N) is 1. The molecule has 3 N–H and O–H groups in total. The Morgan fingerprint density at radius 3 is 2.50 bits per heavy atom. The van der Waals surface area contributed by atoms with Gasteiger partial charge in [0.25, 0.3) is 5.19 Å². The highest BCUT2D eigenvalue weighted by atomic mass is 32.1. The molecule has 7 nitrogen and oxygen atoms in total. The Hall–Kier alpha value is -2.68. The molecule has 0 fully saturated rings. The van der Waals surface area contributed by atoms with E-state index in [0.717, 1.165) is 15.8 Å². The van der Waals surface area contributed by atoms with Crippen molar-refractivity contribution in [1.29, 1.82) is 0 Å². The van der Waals surface area contributed by atoms with Crippen molar-refractivity contribution in [1.82, 2.24) is 10.3 Å². The monoisotopic (exact) mass is 430 g/mol. The molecule has 3 aromatic rings. The number of carbonyl (C=O) groups is 1. The SMILES string of the molecule is CC(C)(C)OC(=O)N[C@H](Cc1ccc(Oc2nc3ccccc3s2)cc1)C(O)CO. The van der Waals surface area contributed by atoms with Gasteiger partial charge in [0.05, 0.1) is 29.0 Å². The minimum Gasteiger partial charge on any atom is -0.444 e. The third kappa shape index (κ3) is 6.16. The van der Waals surface area contributed by atoms with Crippen molar-refractivity contribution in [3.05, 3.63) is 54.1 Å². The molecule has 2 aromatic carbocycles. The molecule has 160 valence electrons. The van der Waals surface area contributed by atoms with Crippen molar-refractivity contribution in [3.8, 4) is 10.9 Å². The van der Waals surface area contributed by atoms with Crippen molar-refractivity contribution in [2.45, 2.75) is 44.9 Å². The predicted molar refractivity (Wildman–Crippen MR) is 116 cm³/mol. The molecule has 0 aliphatic carbocycles. The number of thiazole rings is 1. The zero-order valence-corrected chi connectivity index (χ0v) is 18.0. The van der Waals surface area contributed by atoms with E-state index in [9.17, 15) is 15.0 Å². The average Bonchev–Trinajstić information content (AvgIpc) is 3.09. The van der Waals surface area contributed by atoms with E-state index in [1.54, 1.807) is 32.9 Å². The number of aromatic nitrogens is 1. The molecule has 1 heterocycles. The van der Waals surface area contributed by atoms with Crippen molar-refractivity contribution < 1.29 is 24.5 Å². The Balaban J connectivity index is 1.64. The second-order valence-electron chi connectivity index (χ2n) is 7.90. The van der Waals surface area contributed by atoms with Crippen LogP contribution in [0, 0.1) is 0 Å². The standard InChI is InChI=1S/C22H26N2O5S/c1-22(2,3)29-20(27)23-17(18(26)13-25)12-14-8-10-15(11-9-14)28-21-24-16-6-4-5-7-19(16)30-21/h4-11,17-18,25-26H,12-13H2,1-3H3,(H,23,27)/t17-,18?/m1/s1. The number of amides is 1. The molecule has 1 aromatic heterocycles. The summed E-state index contributed by atoms with van der Waals surface area (Å²) in [5, 5.41) is 22.6. The van der Waals surface area contributed by atoms with Gasteiger partial charge in [-0.3, -0.25) is 0 Å². The van der Waals surface area contributed by atoms with Gasteiger partial charge < -0.3 is 25.0 Å². The summed E-state index contributed by atoms with van der Waals surface area (Å²) in [4.78, 5) is 16.5. The van der Waals surface area contributed by atoms with Crippen LogP contribution >= 0.6 is 11.3 Å². The van der Waals surface area contributed by atoms with Crippen LogP contribution in [0.15, 0.2) is 48.5 Å². The number of aliphatic hydroxyl groups excluding tert-OH is 2. The maximum atomic E-state index is 12.1. The van der Waals surface area contributed by atoms with E-state index in [0.29, 0.717) is 17.4 Å². The number of carbonyl (C=O) groups excluding carboxylic acids is 1. The van der Waals surface area contributed by atoms with Crippen molar-refractivity contribution in [2.24, 2.45) is 0 Å². The topological polar surface area (TPSA) is 101 Å². The molecule has 0 saturated carbocycles. The number of para-hydroxylation sites is 1. The summed E-state index contributed by atoms with van der Waals surface area (Å²) in [6.45, 7) is 4.80. The van der Waals surface area contributed by atoms with Crippen molar-refractivity contribution >= 4 is 27.6 Å². The highest BCUT2D eigenvalue weighted by molar-refractivity contribution is 7.20. The lowest BCUT2D eigenvalue weighted by Crippen LogP contribution is -2.48. The Labute approximate surface area is 179 Å². The van der Waals surface area contributed by atoms with Gasteiger partial charge in [-0.2, -0.15) is 0 Å². The lowest BCUT2D eigenvalue weighted by molar-refractivity contribution is 0.0320. The maximum absolute atomic E-state index is 12.1. The van der Waals surface area contributed by atoms with Gasteiger partial charge in [0, 0.05) is 0 Å². The number of aliphatic hydroxyl groups is 2. The number of alkyl carbamates (subject to hydrolysis) is 1. The number of hydrogen-bond acceptors (Lipinski definition) is 7. The van der Waals surface area contributed by atoms with Crippen LogP contribution in [-0.2, 0) is 11.2 Å². The number of ether oxygens (including phenoxy) is 2. The highest BCUT2D eigenvalue weighted by Crippen LogP contribution is 2.31. The Bertz CT molecular complexity index is 948. The third-order valence-electron chi connectivity index (χ3n) is 4.21. The smallest absolute Gasteiger partial charge is 0.407 e. The van der Waals surface area contributed by atoms with E-state index >= 15 is 0 Å². The Morgan fingerprint density at radius 1 is 1.17 bits per heavy atom. The van der Waals surface area contributed by atoms with E-state index in [-0.39, 0.29) is 0 Å². The fraction of sp³-hybridized carbons (Fsp3) is 0.364. The van der Waals surface area contributed by atoms with Gasteiger partial charge in [-0.1, -0.05) is 35.6 Å². The second-order valence-corrected chi connectivity index (χ2v) is 8.89. The van der Waals surface area contributed by atoms with Gasteiger partial charge in [-0.25, -0.2) is 9.78 Å². The molecule has 0 aliphatic heterocycles. The van der Waals surface area contributed by atoms with Crippen LogP contribution < -0.4 is 10.1 Å². The summed E-state index contributed by atoms with van der Waals surface area (Å²) in [5.41, 5.74) is 1.10. The van der Waals surface area contributed by atoms with E-state index in [1.165, 1.54) is 11.3 Å². The van der Waals surface area contributed by atoms with Crippen molar-refractivity contribution in [2.75, 3.05) is 6.61 Å².